The van der Waals surface area contributed by atoms with Crippen LogP contribution in [-0.2, 0) is 4.79 Å². The Labute approximate surface area is 92.6 Å². The molecule has 0 heterocycles. The smallest absolute Gasteiger partial charge is 0.318 e. The van der Waals surface area contributed by atoms with Gasteiger partial charge in [-0.05, 0) is 31.2 Å². The molecule has 1 rings (SSSR count). The van der Waals surface area contributed by atoms with Crippen LogP contribution < -0.4 is 21.5 Å². The summed E-state index contributed by atoms with van der Waals surface area (Å²) in [6, 6.07) is 5.65. The number of primary amides is 1. The van der Waals surface area contributed by atoms with Gasteiger partial charge in [-0.25, -0.2) is 4.79 Å². The second kappa shape index (κ2) is 5.01. The quantitative estimate of drug-likeness (QED) is 0.637. The van der Waals surface area contributed by atoms with Gasteiger partial charge >= 0.3 is 6.03 Å². The number of imide groups is 1. The number of nitrogens with two attached hydrogens (primary N) is 2. The predicted molar refractivity (Wildman–Crippen MR) is 58.7 cm³/mol. The molecule has 16 heavy (non-hydrogen) atoms. The van der Waals surface area contributed by atoms with Gasteiger partial charge < -0.3 is 16.2 Å². The Balaban J connectivity index is 2.57. The standard InChI is InChI=1S/C10H13N3O3/c1-6(9(14)13-10(12)15)16-8-4-2-7(11)3-5-8/h2-6H,11H2,1H3,(H3,12,13,14,15). The summed E-state index contributed by atoms with van der Waals surface area (Å²) in [5, 5.41) is 1.92. The Morgan fingerprint density at radius 3 is 2.38 bits per heavy atom. The van der Waals surface area contributed by atoms with E-state index in [0.717, 1.165) is 0 Å². The molecule has 3 amide bonds. The van der Waals surface area contributed by atoms with Crippen molar-refractivity contribution in [3.63, 3.8) is 0 Å². The monoisotopic (exact) mass is 223 g/mol. The molecule has 0 spiro atoms. The molecule has 1 atom stereocenters. The van der Waals surface area contributed by atoms with Crippen LogP contribution in [0.1, 0.15) is 6.92 Å². The van der Waals surface area contributed by atoms with Crippen LogP contribution in [0.15, 0.2) is 24.3 Å². The van der Waals surface area contributed by atoms with E-state index in [-0.39, 0.29) is 0 Å². The van der Waals surface area contributed by atoms with Crippen molar-refractivity contribution in [1.82, 2.24) is 5.32 Å². The van der Waals surface area contributed by atoms with E-state index in [0.29, 0.717) is 11.4 Å². The average molecular weight is 223 g/mol. The van der Waals surface area contributed by atoms with Crippen molar-refractivity contribution in [2.45, 2.75) is 13.0 Å². The van der Waals surface area contributed by atoms with Gasteiger partial charge in [-0.2, -0.15) is 0 Å². The Morgan fingerprint density at radius 1 is 1.31 bits per heavy atom. The van der Waals surface area contributed by atoms with E-state index in [1.165, 1.54) is 6.92 Å². The van der Waals surface area contributed by atoms with E-state index >= 15 is 0 Å². The van der Waals surface area contributed by atoms with Crippen molar-refractivity contribution >= 4 is 17.6 Å². The lowest BCUT2D eigenvalue weighted by molar-refractivity contribution is -0.126. The molecule has 0 aromatic heterocycles. The number of urea groups is 1. The number of ether oxygens (including phenoxy) is 1. The van der Waals surface area contributed by atoms with E-state index in [1.54, 1.807) is 24.3 Å². The molecule has 0 radical (unpaired) electrons. The number of benzene rings is 1. The maximum Gasteiger partial charge on any atom is 0.318 e. The Hall–Kier alpha value is -2.24. The summed E-state index contributed by atoms with van der Waals surface area (Å²) in [5.74, 6) is -0.106. The van der Waals surface area contributed by atoms with Crippen molar-refractivity contribution in [2.24, 2.45) is 5.73 Å². The van der Waals surface area contributed by atoms with Gasteiger partial charge in [0.15, 0.2) is 6.10 Å². The number of hydrogen-bond donors (Lipinski definition) is 3. The minimum atomic E-state index is -0.905. The lowest BCUT2D eigenvalue weighted by Gasteiger charge is -2.13. The average Bonchev–Trinajstić information content (AvgIpc) is 2.20. The highest BCUT2D eigenvalue weighted by Crippen LogP contribution is 2.14. The zero-order valence-electron chi connectivity index (χ0n) is 8.77. The highest BCUT2D eigenvalue weighted by Gasteiger charge is 2.15. The fourth-order valence-electron chi connectivity index (χ4n) is 1.03. The van der Waals surface area contributed by atoms with Crippen LogP contribution in [0.3, 0.4) is 0 Å². The van der Waals surface area contributed by atoms with Crippen molar-refractivity contribution < 1.29 is 14.3 Å². The third-order valence-electron chi connectivity index (χ3n) is 1.81. The highest BCUT2D eigenvalue weighted by atomic mass is 16.5. The van der Waals surface area contributed by atoms with Crippen LogP contribution in [0.5, 0.6) is 5.75 Å². The topological polar surface area (TPSA) is 107 Å². The summed E-state index contributed by atoms with van der Waals surface area (Å²) in [6.45, 7) is 1.51. The molecule has 0 saturated carbocycles. The minimum absolute atomic E-state index is 0.487. The number of hydrogen-bond acceptors (Lipinski definition) is 4. The molecule has 1 aromatic rings. The minimum Gasteiger partial charge on any atom is -0.481 e. The first-order valence-corrected chi connectivity index (χ1v) is 4.61. The van der Waals surface area contributed by atoms with Gasteiger partial charge in [-0.15, -0.1) is 0 Å². The second-order valence-electron chi connectivity index (χ2n) is 3.18. The van der Waals surface area contributed by atoms with E-state index in [4.69, 9.17) is 16.2 Å². The normalized spacial score (nSPS) is 11.6. The van der Waals surface area contributed by atoms with Crippen LogP contribution in [0.25, 0.3) is 0 Å². The number of anilines is 1. The van der Waals surface area contributed by atoms with Gasteiger partial charge in [0.2, 0.25) is 0 Å². The Bertz CT molecular complexity index is 389. The van der Waals surface area contributed by atoms with Crippen LogP contribution in [0.4, 0.5) is 10.5 Å². The maximum atomic E-state index is 11.3. The summed E-state index contributed by atoms with van der Waals surface area (Å²) in [5.41, 5.74) is 10.9. The fraction of sp³-hybridized carbons (Fsp3) is 0.200. The van der Waals surface area contributed by atoms with Crippen molar-refractivity contribution in [1.29, 1.82) is 0 Å². The molecule has 5 N–H and O–H groups in total. The number of carbonyl (C=O) groups excluding carboxylic acids is 2. The van der Waals surface area contributed by atoms with Crippen molar-refractivity contribution in [3.05, 3.63) is 24.3 Å². The molecule has 0 aliphatic heterocycles. The summed E-state index contributed by atoms with van der Waals surface area (Å²) < 4.78 is 5.26. The summed E-state index contributed by atoms with van der Waals surface area (Å²) >= 11 is 0. The van der Waals surface area contributed by atoms with Gasteiger partial charge in [0.1, 0.15) is 5.75 Å². The van der Waals surface area contributed by atoms with Crippen LogP contribution in [0, 0.1) is 0 Å². The zero-order valence-corrected chi connectivity index (χ0v) is 8.77. The third kappa shape index (κ3) is 3.49. The number of rotatable bonds is 3. The zero-order chi connectivity index (χ0) is 12.1. The van der Waals surface area contributed by atoms with Crippen LogP contribution >= 0.6 is 0 Å². The number of carbonyl (C=O) groups is 2. The molecular weight excluding hydrogens is 210 g/mol. The van der Waals surface area contributed by atoms with Gasteiger partial charge in [0.05, 0.1) is 0 Å². The molecule has 0 fully saturated rings. The number of nitrogens with one attached hydrogen (secondary N) is 1. The first-order valence-electron chi connectivity index (χ1n) is 4.61. The first-order chi connectivity index (χ1) is 7.49. The molecular formula is C10H13N3O3. The molecule has 6 heteroatoms. The van der Waals surface area contributed by atoms with Crippen molar-refractivity contribution in [3.8, 4) is 5.75 Å². The van der Waals surface area contributed by atoms with Crippen molar-refractivity contribution in [2.75, 3.05) is 5.73 Å². The van der Waals surface area contributed by atoms with E-state index < -0.39 is 18.0 Å². The summed E-state index contributed by atoms with van der Waals surface area (Å²) in [4.78, 5) is 21.7. The molecule has 0 bridgehead atoms. The molecule has 0 aliphatic rings. The van der Waals surface area contributed by atoms with E-state index in [1.807, 2.05) is 5.32 Å². The SMILES string of the molecule is CC(Oc1ccc(N)cc1)C(=O)NC(N)=O. The maximum absolute atomic E-state index is 11.3. The lowest BCUT2D eigenvalue weighted by Crippen LogP contribution is -2.42. The second-order valence-corrected chi connectivity index (χ2v) is 3.18. The largest absolute Gasteiger partial charge is 0.481 e. The van der Waals surface area contributed by atoms with E-state index in [2.05, 4.69) is 0 Å². The van der Waals surface area contributed by atoms with Crippen LogP contribution in [-0.4, -0.2) is 18.0 Å². The van der Waals surface area contributed by atoms with Gasteiger partial charge in [0, 0.05) is 5.69 Å². The van der Waals surface area contributed by atoms with Crippen LogP contribution in [0.2, 0.25) is 0 Å². The van der Waals surface area contributed by atoms with Gasteiger partial charge in [-0.1, -0.05) is 0 Å². The summed E-state index contributed by atoms with van der Waals surface area (Å²) in [6.07, 6.45) is -0.809. The third-order valence-corrected chi connectivity index (χ3v) is 1.81. The number of amides is 3. The highest BCUT2D eigenvalue weighted by molar-refractivity contribution is 5.95. The van der Waals surface area contributed by atoms with Gasteiger partial charge in [0.25, 0.3) is 5.91 Å². The molecule has 6 nitrogen and oxygen atoms in total. The first kappa shape index (κ1) is 11.8. The summed E-state index contributed by atoms with van der Waals surface area (Å²) in [7, 11) is 0. The Kier molecular flexibility index (Phi) is 3.71. The molecule has 86 valence electrons. The predicted octanol–water partition coefficient (Wildman–Crippen LogP) is 0.231. The molecule has 0 saturated heterocycles. The van der Waals surface area contributed by atoms with Gasteiger partial charge in [-0.3, -0.25) is 10.1 Å². The molecule has 0 aliphatic carbocycles. The molecule has 1 unspecified atom stereocenters. The fourth-order valence-corrected chi connectivity index (χ4v) is 1.03. The Morgan fingerprint density at radius 2 is 1.88 bits per heavy atom. The molecule has 1 aromatic carbocycles. The number of nitrogen functional groups attached to an aromatic ring is 1. The van der Waals surface area contributed by atoms with E-state index in [9.17, 15) is 9.59 Å². The lowest BCUT2D eigenvalue weighted by atomic mass is 10.3.